The second kappa shape index (κ2) is 7.66. The maximum atomic E-state index is 12.6. The Bertz CT molecular complexity index is 569. The number of likely N-dealkylation sites (N-methyl/N-ethyl adjacent to an activating group) is 1. The maximum Gasteiger partial charge on any atom is 0.225 e. The second-order valence-electron chi connectivity index (χ2n) is 7.14. The first-order chi connectivity index (χ1) is 11.6. The molecule has 2 fully saturated rings. The molecule has 0 unspecified atom stereocenters. The minimum absolute atomic E-state index is 0.0624. The van der Waals surface area contributed by atoms with Gasteiger partial charge >= 0.3 is 0 Å². The third-order valence-electron chi connectivity index (χ3n) is 5.00. The van der Waals surface area contributed by atoms with E-state index in [4.69, 9.17) is 0 Å². The Morgan fingerprint density at radius 2 is 2.12 bits per heavy atom. The number of likely N-dealkylation sites (tertiary alicyclic amines) is 1. The predicted molar refractivity (Wildman–Crippen MR) is 95.8 cm³/mol. The van der Waals surface area contributed by atoms with Crippen LogP contribution in [0.4, 0.5) is 0 Å². The molecule has 1 saturated heterocycles. The van der Waals surface area contributed by atoms with E-state index in [9.17, 15) is 9.59 Å². The summed E-state index contributed by atoms with van der Waals surface area (Å²) in [7, 11) is 4.07. The van der Waals surface area contributed by atoms with E-state index >= 15 is 0 Å². The van der Waals surface area contributed by atoms with Crippen molar-refractivity contribution in [2.24, 2.45) is 11.8 Å². The molecule has 132 valence electrons. The van der Waals surface area contributed by atoms with Gasteiger partial charge in [-0.1, -0.05) is 6.07 Å². The molecule has 6 heteroatoms. The van der Waals surface area contributed by atoms with Gasteiger partial charge in [0.05, 0.1) is 12.0 Å². The Morgan fingerprint density at radius 1 is 1.33 bits per heavy atom. The molecular weight excluding hydrogens is 322 g/mol. The zero-order chi connectivity index (χ0) is 17.1. The molecule has 2 atom stereocenters. The van der Waals surface area contributed by atoms with Gasteiger partial charge in [-0.3, -0.25) is 9.59 Å². The number of nitrogens with zero attached hydrogens (tertiary/aromatic N) is 2. The molecule has 1 aliphatic heterocycles. The molecule has 0 radical (unpaired) electrons. The van der Waals surface area contributed by atoms with Gasteiger partial charge in [-0.05, 0) is 51.2 Å². The summed E-state index contributed by atoms with van der Waals surface area (Å²) in [5, 5.41) is 5.18. The molecule has 2 heterocycles. The molecule has 1 saturated carbocycles. The Hall–Kier alpha value is -1.40. The highest BCUT2D eigenvalue weighted by atomic mass is 32.1. The van der Waals surface area contributed by atoms with Crippen LogP contribution in [0.25, 0.3) is 0 Å². The average Bonchev–Trinajstić information content (AvgIpc) is 3.30. The lowest BCUT2D eigenvalue weighted by Gasteiger charge is -2.33. The first-order valence-electron chi connectivity index (χ1n) is 8.82. The van der Waals surface area contributed by atoms with Gasteiger partial charge in [0.15, 0.2) is 0 Å². The highest BCUT2D eigenvalue weighted by molar-refractivity contribution is 7.10. The Labute approximate surface area is 148 Å². The number of piperidine rings is 1. The lowest BCUT2D eigenvalue weighted by atomic mass is 9.96. The van der Waals surface area contributed by atoms with Gasteiger partial charge in [0, 0.05) is 30.4 Å². The summed E-state index contributed by atoms with van der Waals surface area (Å²) in [6.45, 7) is 2.01. The standard InChI is InChI=1S/C18H27N3O2S/c1-20(2)15(16-6-4-10-24-16)11-19-17(22)14-5-3-9-21(12-14)18(23)13-7-8-13/h4,6,10,13-15H,3,5,7-9,11-12H2,1-2H3,(H,19,22)/t14-,15-/m1/s1. The van der Waals surface area contributed by atoms with Crippen molar-refractivity contribution < 1.29 is 9.59 Å². The molecule has 0 aromatic carbocycles. The van der Waals surface area contributed by atoms with Crippen molar-refractivity contribution in [2.45, 2.75) is 31.7 Å². The van der Waals surface area contributed by atoms with Crippen LogP contribution in [0.1, 0.15) is 36.6 Å². The predicted octanol–water partition coefficient (Wildman–Crippen LogP) is 2.12. The van der Waals surface area contributed by atoms with Gasteiger partial charge in [-0.15, -0.1) is 11.3 Å². The first-order valence-corrected chi connectivity index (χ1v) is 9.70. The Morgan fingerprint density at radius 3 is 2.75 bits per heavy atom. The Kier molecular flexibility index (Phi) is 5.56. The molecule has 0 spiro atoms. The van der Waals surface area contributed by atoms with Crippen LogP contribution in [0.15, 0.2) is 17.5 Å². The average molecular weight is 350 g/mol. The SMILES string of the molecule is CN(C)[C@H](CNC(=O)[C@@H]1CCCN(C(=O)C2CC2)C1)c1cccs1. The normalized spacial score (nSPS) is 22.5. The van der Waals surface area contributed by atoms with Crippen LogP contribution in [-0.2, 0) is 9.59 Å². The zero-order valence-electron chi connectivity index (χ0n) is 14.5. The molecule has 3 rings (SSSR count). The highest BCUT2D eigenvalue weighted by Crippen LogP contribution is 2.32. The van der Waals surface area contributed by atoms with E-state index in [2.05, 4.69) is 21.7 Å². The van der Waals surface area contributed by atoms with E-state index in [0.29, 0.717) is 13.1 Å². The second-order valence-corrected chi connectivity index (χ2v) is 8.12. The summed E-state index contributed by atoms with van der Waals surface area (Å²) >= 11 is 1.72. The molecule has 2 aliphatic rings. The van der Waals surface area contributed by atoms with Gasteiger partial charge in [-0.2, -0.15) is 0 Å². The van der Waals surface area contributed by atoms with Gasteiger partial charge in [-0.25, -0.2) is 0 Å². The van der Waals surface area contributed by atoms with Gasteiger partial charge in [0.2, 0.25) is 11.8 Å². The molecule has 1 aromatic rings. The molecule has 1 aliphatic carbocycles. The summed E-state index contributed by atoms with van der Waals surface area (Å²) in [5.74, 6) is 0.528. The minimum atomic E-state index is -0.0624. The van der Waals surface area contributed by atoms with Gasteiger partial charge in [0.25, 0.3) is 0 Å². The maximum absolute atomic E-state index is 12.6. The number of hydrogen-bond acceptors (Lipinski definition) is 4. The number of carbonyl (C=O) groups is 2. The van der Waals surface area contributed by atoms with Crippen LogP contribution in [0.3, 0.4) is 0 Å². The topological polar surface area (TPSA) is 52.7 Å². The number of amides is 2. The third-order valence-corrected chi connectivity index (χ3v) is 5.97. The molecular formula is C18H27N3O2S. The molecule has 24 heavy (non-hydrogen) atoms. The largest absolute Gasteiger partial charge is 0.354 e. The fraction of sp³-hybridized carbons (Fsp3) is 0.667. The van der Waals surface area contributed by atoms with E-state index < -0.39 is 0 Å². The number of nitrogens with one attached hydrogen (secondary N) is 1. The minimum Gasteiger partial charge on any atom is -0.354 e. The quantitative estimate of drug-likeness (QED) is 0.856. The first kappa shape index (κ1) is 17.4. The smallest absolute Gasteiger partial charge is 0.225 e. The number of carbonyl (C=O) groups excluding carboxylic acids is 2. The van der Waals surface area contributed by atoms with Gasteiger partial charge in [0.1, 0.15) is 0 Å². The van der Waals surface area contributed by atoms with Crippen molar-refractivity contribution in [3.8, 4) is 0 Å². The summed E-state index contributed by atoms with van der Waals surface area (Å²) in [5.41, 5.74) is 0. The lowest BCUT2D eigenvalue weighted by molar-refractivity contribution is -0.136. The number of hydrogen-bond donors (Lipinski definition) is 1. The fourth-order valence-corrected chi connectivity index (χ4v) is 4.26. The van der Waals surface area contributed by atoms with Crippen molar-refractivity contribution in [2.75, 3.05) is 33.7 Å². The van der Waals surface area contributed by atoms with E-state index in [1.165, 1.54) is 4.88 Å². The Balaban J connectivity index is 1.53. The van der Waals surface area contributed by atoms with Crippen molar-refractivity contribution in [3.05, 3.63) is 22.4 Å². The van der Waals surface area contributed by atoms with Crippen molar-refractivity contribution in [1.82, 2.24) is 15.1 Å². The summed E-state index contributed by atoms with van der Waals surface area (Å²) < 4.78 is 0. The molecule has 5 nitrogen and oxygen atoms in total. The molecule has 1 aromatic heterocycles. The molecule has 2 amide bonds. The van der Waals surface area contributed by atoms with Crippen LogP contribution in [0, 0.1) is 11.8 Å². The summed E-state index contributed by atoms with van der Waals surface area (Å²) in [6, 6.07) is 4.35. The van der Waals surface area contributed by atoms with E-state index in [-0.39, 0.29) is 29.7 Å². The third kappa shape index (κ3) is 4.16. The van der Waals surface area contributed by atoms with E-state index in [0.717, 1.165) is 32.2 Å². The number of rotatable bonds is 6. The van der Waals surface area contributed by atoms with Crippen molar-refractivity contribution >= 4 is 23.2 Å². The summed E-state index contributed by atoms with van der Waals surface area (Å²) in [4.78, 5) is 30.1. The van der Waals surface area contributed by atoms with Crippen LogP contribution in [0.2, 0.25) is 0 Å². The van der Waals surface area contributed by atoms with E-state index in [1.54, 1.807) is 11.3 Å². The monoisotopic (exact) mass is 349 g/mol. The van der Waals surface area contributed by atoms with Crippen LogP contribution in [0.5, 0.6) is 0 Å². The van der Waals surface area contributed by atoms with Gasteiger partial charge < -0.3 is 15.1 Å². The zero-order valence-corrected chi connectivity index (χ0v) is 15.3. The van der Waals surface area contributed by atoms with Crippen LogP contribution < -0.4 is 5.32 Å². The van der Waals surface area contributed by atoms with Crippen LogP contribution in [-0.4, -0.2) is 55.3 Å². The summed E-state index contributed by atoms with van der Waals surface area (Å²) in [6.07, 6.45) is 3.86. The van der Waals surface area contributed by atoms with Crippen LogP contribution >= 0.6 is 11.3 Å². The van der Waals surface area contributed by atoms with Crippen molar-refractivity contribution in [3.63, 3.8) is 0 Å². The fourth-order valence-electron chi connectivity index (χ4n) is 3.34. The molecule has 0 bridgehead atoms. The lowest BCUT2D eigenvalue weighted by Crippen LogP contribution is -2.47. The van der Waals surface area contributed by atoms with E-state index in [1.807, 2.05) is 25.1 Å². The molecule has 1 N–H and O–H groups in total. The van der Waals surface area contributed by atoms with Crippen molar-refractivity contribution in [1.29, 1.82) is 0 Å². The number of thiophene rings is 1. The highest BCUT2D eigenvalue weighted by Gasteiger charge is 2.36.